The van der Waals surface area contributed by atoms with Gasteiger partial charge in [-0.3, -0.25) is 19.3 Å². The summed E-state index contributed by atoms with van der Waals surface area (Å²) in [5.74, 6) is -10.3. The quantitative estimate of drug-likeness (QED) is 0.0598. The number of hydrogen-bond acceptors (Lipinski definition) is 11. The van der Waals surface area contributed by atoms with Gasteiger partial charge in [0.05, 0.1) is 17.9 Å². The lowest BCUT2D eigenvalue weighted by molar-refractivity contribution is -0.249. The number of alkyl halides is 4. The zero-order valence-corrected chi connectivity index (χ0v) is 43.4. The first-order valence-corrected chi connectivity index (χ1v) is 28.1. The summed E-state index contributed by atoms with van der Waals surface area (Å²) >= 11 is 0. The van der Waals surface area contributed by atoms with Gasteiger partial charge >= 0.3 is 35.9 Å². The third-order valence-electron chi connectivity index (χ3n) is 18.2. The molecule has 0 atom stereocenters. The molecule has 0 amide bonds. The van der Waals surface area contributed by atoms with E-state index in [1.165, 1.54) is 84.0 Å². The normalized spacial score (nSPS) is 35.8. The Balaban J connectivity index is 0.828. The van der Waals surface area contributed by atoms with Gasteiger partial charge in [0.25, 0.3) is 0 Å². The molecule has 7 saturated carbocycles. The first kappa shape index (κ1) is 55.8. The van der Waals surface area contributed by atoms with Gasteiger partial charge in [0.15, 0.2) is 13.2 Å². The predicted octanol–water partition coefficient (Wildman–Crippen LogP) is 12.9. The van der Waals surface area contributed by atoms with Crippen LogP contribution in [-0.4, -0.2) is 104 Å². The Labute approximate surface area is 421 Å². The molecule has 7 aliphatic carbocycles. The smallest absolute Gasteiger partial charge is 0.463 e. The van der Waals surface area contributed by atoms with Crippen molar-refractivity contribution in [3.05, 3.63) is 11.6 Å². The van der Waals surface area contributed by atoms with Gasteiger partial charge in [0, 0.05) is 32.2 Å². The third kappa shape index (κ3) is 15.8. The molecule has 0 saturated heterocycles. The van der Waals surface area contributed by atoms with Crippen LogP contribution in [0.15, 0.2) is 11.6 Å². The van der Waals surface area contributed by atoms with E-state index in [0.29, 0.717) is 42.7 Å². The Hall–Kier alpha value is -2.94. The highest BCUT2D eigenvalue weighted by atomic mass is 19.3. The Bertz CT molecular complexity index is 1700. The fraction of sp³-hybridized carbons (Fsp3) is 0.893. The van der Waals surface area contributed by atoms with Crippen LogP contribution in [0.5, 0.6) is 0 Å². The highest BCUT2D eigenvalue weighted by Gasteiger charge is 2.58. The van der Waals surface area contributed by atoms with Crippen LogP contribution in [0.1, 0.15) is 201 Å². The number of carbonyl (C=O) groups is 4. The van der Waals surface area contributed by atoms with E-state index < -0.39 is 73.2 Å². The van der Waals surface area contributed by atoms with Crippen molar-refractivity contribution in [3.63, 3.8) is 0 Å². The van der Waals surface area contributed by atoms with Crippen LogP contribution in [0.2, 0.25) is 0 Å². The lowest BCUT2D eigenvalue weighted by atomic mass is 9.70. The van der Waals surface area contributed by atoms with Crippen molar-refractivity contribution in [2.75, 3.05) is 20.3 Å². The van der Waals surface area contributed by atoms with Crippen LogP contribution in [0.3, 0.4) is 0 Å². The van der Waals surface area contributed by atoms with Crippen LogP contribution in [0.25, 0.3) is 0 Å². The summed E-state index contributed by atoms with van der Waals surface area (Å²) in [7, 11) is 1.83. The number of rotatable bonds is 17. The van der Waals surface area contributed by atoms with Crippen molar-refractivity contribution in [2.45, 2.75) is 255 Å². The van der Waals surface area contributed by atoms with Gasteiger partial charge in [-0.1, -0.05) is 25.5 Å². The first-order valence-electron chi connectivity index (χ1n) is 28.1. The average Bonchev–Trinajstić information content (AvgIpc) is 3.36. The Morgan fingerprint density at radius 1 is 0.465 bits per heavy atom. The predicted molar refractivity (Wildman–Crippen MR) is 260 cm³/mol. The molecular weight excluding hydrogens is 923 g/mol. The fourth-order valence-electron chi connectivity index (χ4n) is 13.7. The molecule has 11 nitrogen and oxygen atoms in total. The number of ether oxygens (including phenoxy) is 6. The number of esters is 3. The number of carbonyl (C=O) groups excluding carboxylic acids is 4. The molecule has 0 aromatic rings. The molecule has 0 aromatic carbocycles. The second-order valence-electron chi connectivity index (χ2n) is 23.4. The molecule has 0 aliphatic heterocycles. The molecule has 7 aliphatic rings. The zero-order chi connectivity index (χ0) is 50.7. The van der Waals surface area contributed by atoms with Crippen LogP contribution in [0.4, 0.5) is 22.4 Å². The summed E-state index contributed by atoms with van der Waals surface area (Å²) in [4.78, 5) is 52.4. The lowest BCUT2D eigenvalue weighted by Gasteiger charge is -2.49. The minimum atomic E-state index is -4.79. The molecule has 0 aromatic heterocycles. The van der Waals surface area contributed by atoms with Crippen LogP contribution >= 0.6 is 0 Å². The molecule has 0 radical (unpaired) electrons. The van der Waals surface area contributed by atoms with Gasteiger partial charge in [0.2, 0.25) is 0 Å². The maximum Gasteiger partial charge on any atom is 0.508 e. The van der Waals surface area contributed by atoms with E-state index >= 15 is 0 Å². The van der Waals surface area contributed by atoms with E-state index in [1.54, 1.807) is 5.57 Å². The zero-order valence-electron chi connectivity index (χ0n) is 43.4. The molecule has 7 fully saturated rings. The van der Waals surface area contributed by atoms with E-state index in [-0.39, 0.29) is 44.6 Å². The minimum Gasteiger partial charge on any atom is -0.463 e. The van der Waals surface area contributed by atoms with E-state index in [1.807, 2.05) is 7.11 Å². The molecule has 404 valence electrons. The Morgan fingerprint density at radius 3 is 1.17 bits per heavy atom. The van der Waals surface area contributed by atoms with E-state index in [4.69, 9.17) is 23.7 Å². The van der Waals surface area contributed by atoms with E-state index in [9.17, 15) is 36.7 Å². The number of halogens is 4. The maximum absolute atomic E-state index is 14.7. The first-order chi connectivity index (χ1) is 34.0. The number of hydrogen-bond donors (Lipinski definition) is 0. The number of allylic oxidation sites excluding steroid dienone is 2. The van der Waals surface area contributed by atoms with Gasteiger partial charge < -0.3 is 28.4 Å². The maximum atomic E-state index is 14.7. The van der Waals surface area contributed by atoms with Gasteiger partial charge in [-0.2, -0.15) is 17.6 Å². The standard InChI is InChI=1S/C56H87F4NO10/c1-36-5-19-44(20-6-36)61(45-21-7-37(2)8-22-45)46-23-9-39(10-24-46)33-51(40-11-25-47(66-4)26-12-40)41-13-27-49(28-14-41)70-54(65)71-50-31-17-43(18-32-50)53(64)68-35-56(59,60)55(57,58)34-67-52(63)42-15-29-48(30-16-42)69-38(3)62/h33,36-37,39-50H,5-32,34-35H2,1-4H3. The molecular formula is C56H87F4NO10. The fourth-order valence-corrected chi connectivity index (χ4v) is 13.7. The van der Waals surface area contributed by atoms with Crippen molar-refractivity contribution in [1.29, 1.82) is 0 Å². The SMILES string of the molecule is COC1CCC(C(=CC2CCC(N(C3CCC(C)CC3)C3CCC(C)CC3)CC2)C2CCC(OC(=O)OC3CCC(C(=O)OCC(F)(F)C(F)(F)COC(=O)C4CCC(OC(C)=O)CC4)CC3)CC2)CC1. The van der Waals surface area contributed by atoms with Crippen molar-refractivity contribution < 1.29 is 65.2 Å². The summed E-state index contributed by atoms with van der Waals surface area (Å²) in [5, 5.41) is 0. The van der Waals surface area contributed by atoms with Gasteiger partial charge in [-0.25, -0.2) is 4.79 Å². The van der Waals surface area contributed by atoms with E-state index in [0.717, 1.165) is 75.3 Å². The van der Waals surface area contributed by atoms with Crippen molar-refractivity contribution >= 4 is 24.1 Å². The van der Waals surface area contributed by atoms with Crippen LogP contribution < -0.4 is 0 Å². The Kier molecular flexibility index (Phi) is 20.4. The molecule has 15 heteroatoms. The summed E-state index contributed by atoms with van der Waals surface area (Å²) in [6.07, 6.45) is 27.1. The number of methoxy groups -OCH3 is 1. The molecule has 0 spiro atoms. The van der Waals surface area contributed by atoms with Crippen LogP contribution in [-0.2, 0) is 42.8 Å². The molecule has 0 bridgehead atoms. The molecule has 71 heavy (non-hydrogen) atoms. The second kappa shape index (κ2) is 26.0. The topological polar surface area (TPSA) is 127 Å². The summed E-state index contributed by atoms with van der Waals surface area (Å²) in [6, 6.07) is 2.22. The molecule has 0 unspecified atom stereocenters. The summed E-state index contributed by atoms with van der Waals surface area (Å²) < 4.78 is 90.2. The highest BCUT2D eigenvalue weighted by Crippen LogP contribution is 2.45. The van der Waals surface area contributed by atoms with E-state index in [2.05, 4.69) is 29.6 Å². The van der Waals surface area contributed by atoms with Crippen molar-refractivity contribution in [2.24, 2.45) is 41.4 Å². The lowest BCUT2D eigenvalue weighted by Crippen LogP contribution is -2.52. The Morgan fingerprint density at radius 2 is 0.803 bits per heavy atom. The van der Waals surface area contributed by atoms with Crippen molar-refractivity contribution in [3.8, 4) is 0 Å². The van der Waals surface area contributed by atoms with Gasteiger partial charge in [0.1, 0.15) is 18.3 Å². The van der Waals surface area contributed by atoms with Gasteiger partial charge in [-0.15, -0.1) is 0 Å². The molecule has 0 heterocycles. The monoisotopic (exact) mass is 1010 g/mol. The van der Waals surface area contributed by atoms with Gasteiger partial charge in [-0.05, 0) is 209 Å². The third-order valence-corrected chi connectivity index (χ3v) is 18.2. The largest absolute Gasteiger partial charge is 0.508 e. The van der Waals surface area contributed by atoms with Crippen molar-refractivity contribution in [1.82, 2.24) is 4.90 Å². The summed E-state index contributed by atoms with van der Waals surface area (Å²) in [5.41, 5.74) is 1.64. The van der Waals surface area contributed by atoms with Crippen LogP contribution in [0, 0.1) is 41.4 Å². The molecule has 0 N–H and O–H groups in total. The molecule has 7 rings (SSSR count). The average molecular weight is 1010 g/mol. The number of nitrogens with zero attached hydrogens (tertiary/aromatic N) is 1. The highest BCUT2D eigenvalue weighted by molar-refractivity contribution is 5.73. The second-order valence-corrected chi connectivity index (χ2v) is 23.4. The summed E-state index contributed by atoms with van der Waals surface area (Å²) in [6.45, 7) is 2.39. The minimum absolute atomic E-state index is 0.169.